The molecule has 1 aliphatic rings. The molecule has 0 bridgehead atoms. The van der Waals surface area contributed by atoms with Crippen LogP contribution in [0.3, 0.4) is 0 Å². The molecule has 1 amide bonds. The van der Waals surface area contributed by atoms with E-state index in [0.29, 0.717) is 30.6 Å². The number of aryl methyl sites for hydroxylation is 2. The summed E-state index contributed by atoms with van der Waals surface area (Å²) >= 11 is 0. The van der Waals surface area contributed by atoms with Crippen LogP contribution in [0.4, 0.5) is 21.6 Å². The number of aromatic nitrogens is 3. The van der Waals surface area contributed by atoms with E-state index in [-0.39, 0.29) is 45.8 Å². The molecule has 2 aromatic carbocycles. The van der Waals surface area contributed by atoms with E-state index in [1.807, 2.05) is 13.8 Å². The summed E-state index contributed by atoms with van der Waals surface area (Å²) in [5, 5.41) is 5.94. The van der Waals surface area contributed by atoms with Crippen LogP contribution >= 0.6 is 0 Å². The lowest BCUT2D eigenvalue weighted by atomic mass is 10.1. The van der Waals surface area contributed by atoms with Crippen molar-refractivity contribution in [2.75, 3.05) is 10.6 Å². The van der Waals surface area contributed by atoms with Crippen LogP contribution in [0.15, 0.2) is 56.8 Å². The quantitative estimate of drug-likeness (QED) is 0.351. The van der Waals surface area contributed by atoms with Gasteiger partial charge >= 0.3 is 5.69 Å². The van der Waals surface area contributed by atoms with E-state index in [2.05, 4.69) is 10.6 Å². The predicted molar refractivity (Wildman–Crippen MR) is 155 cm³/mol. The van der Waals surface area contributed by atoms with Gasteiger partial charge in [-0.3, -0.25) is 28.1 Å². The molecule has 0 spiro atoms. The zero-order chi connectivity index (χ0) is 28.9. The molecule has 1 unspecified atom stereocenters. The average Bonchev–Trinajstić information content (AvgIpc) is 3.76. The standard InChI is InChI=1S/C30H32FN5O4/c1-6-17(3)27(37)32-19-8-7-9-21(15-19)35-25-18(4)28(38)34(5)26(33-23-13-10-16(2)14-22(23)31)24(25)29(39)36(30(35)40)20-11-12-20/h7-10,13-15,17,20,33H,6,11-12H2,1-5H3,(H,32,37). The Kier molecular flexibility index (Phi) is 6.95. The van der Waals surface area contributed by atoms with E-state index in [0.717, 1.165) is 5.56 Å². The SMILES string of the molecule is CCC(C)C(=O)Nc1cccc(-n2c(=O)n(C3CC3)c(=O)c3c(Nc4ccc(C)cc4F)n(C)c(=O)c(C)c32)c1. The largest absolute Gasteiger partial charge is 0.338 e. The maximum atomic E-state index is 14.9. The number of carbonyl (C=O) groups is 1. The minimum absolute atomic E-state index is 0.0859. The number of rotatable bonds is 7. The molecule has 5 rings (SSSR count). The monoisotopic (exact) mass is 545 g/mol. The van der Waals surface area contributed by atoms with Gasteiger partial charge in [0.2, 0.25) is 5.91 Å². The highest BCUT2D eigenvalue weighted by Gasteiger charge is 2.31. The molecule has 2 N–H and O–H groups in total. The summed E-state index contributed by atoms with van der Waals surface area (Å²) in [5.74, 6) is -0.814. The lowest BCUT2D eigenvalue weighted by molar-refractivity contribution is -0.119. The first-order valence-corrected chi connectivity index (χ1v) is 13.4. The molecule has 4 aromatic rings. The molecule has 0 radical (unpaired) electrons. The molecule has 0 saturated heterocycles. The molecule has 1 fully saturated rings. The second-order valence-electron chi connectivity index (χ2n) is 10.5. The highest BCUT2D eigenvalue weighted by Crippen LogP contribution is 2.34. The molecule has 2 heterocycles. The second kappa shape index (κ2) is 10.3. The van der Waals surface area contributed by atoms with Crippen molar-refractivity contribution in [1.82, 2.24) is 13.7 Å². The van der Waals surface area contributed by atoms with Gasteiger partial charge in [0.05, 0.1) is 16.9 Å². The Bertz CT molecular complexity index is 1850. The van der Waals surface area contributed by atoms with Gasteiger partial charge in [0.1, 0.15) is 17.0 Å². The van der Waals surface area contributed by atoms with Crippen LogP contribution in [0, 0.1) is 25.6 Å². The molecule has 1 aliphatic carbocycles. The van der Waals surface area contributed by atoms with Gasteiger partial charge in [0, 0.05) is 30.3 Å². The minimum Gasteiger partial charge on any atom is -0.338 e. The third-order valence-electron chi connectivity index (χ3n) is 7.56. The van der Waals surface area contributed by atoms with Crippen molar-refractivity contribution in [3.05, 3.63) is 90.6 Å². The third-order valence-corrected chi connectivity index (χ3v) is 7.56. The second-order valence-corrected chi connectivity index (χ2v) is 10.5. The minimum atomic E-state index is -0.575. The van der Waals surface area contributed by atoms with E-state index in [1.165, 1.54) is 26.8 Å². The van der Waals surface area contributed by atoms with Gasteiger partial charge in [-0.05, 0) is 69.0 Å². The van der Waals surface area contributed by atoms with Crippen LogP contribution < -0.4 is 27.4 Å². The maximum Gasteiger partial charge on any atom is 0.336 e. The molecule has 1 saturated carbocycles. The van der Waals surface area contributed by atoms with E-state index >= 15 is 0 Å². The van der Waals surface area contributed by atoms with Crippen LogP contribution in [0.25, 0.3) is 16.6 Å². The Morgan fingerprint density at radius 1 is 1.07 bits per heavy atom. The first-order chi connectivity index (χ1) is 19.0. The number of hydrogen-bond donors (Lipinski definition) is 2. The Hall–Kier alpha value is -4.47. The summed E-state index contributed by atoms with van der Waals surface area (Å²) in [7, 11) is 1.50. The van der Waals surface area contributed by atoms with Crippen LogP contribution in [0.5, 0.6) is 0 Å². The number of fused-ring (bicyclic) bond motifs is 1. The normalized spacial score (nSPS) is 13.8. The first-order valence-electron chi connectivity index (χ1n) is 13.4. The van der Waals surface area contributed by atoms with Crippen LogP contribution in [-0.4, -0.2) is 19.6 Å². The van der Waals surface area contributed by atoms with Crippen molar-refractivity contribution in [3.63, 3.8) is 0 Å². The van der Waals surface area contributed by atoms with Crippen molar-refractivity contribution in [3.8, 4) is 5.69 Å². The van der Waals surface area contributed by atoms with Crippen molar-refractivity contribution < 1.29 is 9.18 Å². The predicted octanol–water partition coefficient (Wildman–Crippen LogP) is 4.67. The summed E-state index contributed by atoms with van der Waals surface area (Å²) in [6.45, 7) is 7.07. The summed E-state index contributed by atoms with van der Waals surface area (Å²) in [4.78, 5) is 53.9. The zero-order valence-electron chi connectivity index (χ0n) is 23.2. The molecular weight excluding hydrogens is 513 g/mol. The Balaban J connectivity index is 1.82. The fourth-order valence-electron chi connectivity index (χ4n) is 4.88. The summed E-state index contributed by atoms with van der Waals surface area (Å²) in [6, 6.07) is 11.1. The maximum absolute atomic E-state index is 14.9. The summed E-state index contributed by atoms with van der Waals surface area (Å²) in [5.41, 5.74) is 0.438. The van der Waals surface area contributed by atoms with Crippen molar-refractivity contribution in [2.24, 2.45) is 13.0 Å². The molecule has 208 valence electrons. The number of benzene rings is 2. The number of carbonyl (C=O) groups excluding carboxylic acids is 1. The third kappa shape index (κ3) is 4.63. The van der Waals surface area contributed by atoms with Gasteiger partial charge in [-0.25, -0.2) is 9.18 Å². The number of nitrogens with one attached hydrogen (secondary N) is 2. The van der Waals surface area contributed by atoms with Gasteiger partial charge in [-0.1, -0.05) is 26.0 Å². The smallest absolute Gasteiger partial charge is 0.336 e. The highest BCUT2D eigenvalue weighted by atomic mass is 19.1. The lowest BCUT2D eigenvalue weighted by Crippen LogP contribution is -2.41. The molecule has 2 aromatic heterocycles. The number of pyridine rings is 1. The fraction of sp³-hybridized carbons (Fsp3) is 0.333. The molecule has 40 heavy (non-hydrogen) atoms. The molecule has 9 nitrogen and oxygen atoms in total. The first kappa shape index (κ1) is 27.1. The Morgan fingerprint density at radius 2 is 1.80 bits per heavy atom. The molecule has 0 aliphatic heterocycles. The topological polar surface area (TPSA) is 107 Å². The van der Waals surface area contributed by atoms with E-state index < -0.39 is 22.6 Å². The van der Waals surface area contributed by atoms with E-state index in [1.54, 1.807) is 50.2 Å². The zero-order valence-corrected chi connectivity index (χ0v) is 23.2. The van der Waals surface area contributed by atoms with Crippen molar-refractivity contribution in [2.45, 2.75) is 53.0 Å². The molecular formula is C30H32FN5O4. The number of halogens is 1. The lowest BCUT2D eigenvalue weighted by Gasteiger charge is -2.21. The Labute approximate surface area is 229 Å². The van der Waals surface area contributed by atoms with Crippen LogP contribution in [0.2, 0.25) is 0 Å². The molecule has 10 heteroatoms. The van der Waals surface area contributed by atoms with E-state index in [4.69, 9.17) is 0 Å². The number of hydrogen-bond acceptors (Lipinski definition) is 5. The number of amides is 1. The summed E-state index contributed by atoms with van der Waals surface area (Å²) < 4.78 is 18.7. The number of anilines is 3. The van der Waals surface area contributed by atoms with Crippen molar-refractivity contribution >= 4 is 34.0 Å². The van der Waals surface area contributed by atoms with Gasteiger partial charge in [-0.15, -0.1) is 0 Å². The van der Waals surface area contributed by atoms with Crippen LogP contribution in [0.1, 0.15) is 50.3 Å². The van der Waals surface area contributed by atoms with Gasteiger partial charge in [0.25, 0.3) is 11.1 Å². The average molecular weight is 546 g/mol. The van der Waals surface area contributed by atoms with Crippen LogP contribution in [-0.2, 0) is 11.8 Å². The molecule has 1 atom stereocenters. The van der Waals surface area contributed by atoms with Gasteiger partial charge in [-0.2, -0.15) is 0 Å². The Morgan fingerprint density at radius 3 is 2.45 bits per heavy atom. The van der Waals surface area contributed by atoms with Gasteiger partial charge in [0.15, 0.2) is 0 Å². The highest BCUT2D eigenvalue weighted by molar-refractivity contribution is 5.95. The van der Waals surface area contributed by atoms with E-state index in [9.17, 15) is 23.6 Å². The summed E-state index contributed by atoms with van der Waals surface area (Å²) in [6.07, 6.45) is 2.01. The number of nitrogens with zero attached hydrogens (tertiary/aromatic N) is 3. The fourth-order valence-corrected chi connectivity index (χ4v) is 4.88. The van der Waals surface area contributed by atoms with Crippen molar-refractivity contribution in [1.29, 1.82) is 0 Å². The van der Waals surface area contributed by atoms with Gasteiger partial charge < -0.3 is 10.6 Å².